The van der Waals surface area contributed by atoms with Crippen LogP contribution in [0.2, 0.25) is 0 Å². The smallest absolute Gasteiger partial charge is 0.186 e. The topological polar surface area (TPSA) is 20.3 Å². The summed E-state index contributed by atoms with van der Waals surface area (Å²) in [7, 11) is 4.03. The van der Waals surface area contributed by atoms with E-state index in [1.54, 1.807) is 6.08 Å². The van der Waals surface area contributed by atoms with Crippen molar-refractivity contribution in [3.63, 3.8) is 0 Å². The van der Waals surface area contributed by atoms with Crippen LogP contribution >= 0.6 is 0 Å². The van der Waals surface area contributed by atoms with E-state index in [1.807, 2.05) is 38.4 Å². The number of allylic oxidation sites excluding steroid dienone is 1. The third-order valence-electron chi connectivity index (χ3n) is 5.63. The fourth-order valence-corrected chi connectivity index (χ4v) is 4.10. The van der Waals surface area contributed by atoms with Crippen molar-refractivity contribution < 1.29 is 4.79 Å². The minimum absolute atomic E-state index is 0.0274. The first-order chi connectivity index (χ1) is 14.1. The molecule has 5 aromatic carbocycles. The van der Waals surface area contributed by atoms with Gasteiger partial charge in [0.15, 0.2) is 5.78 Å². The quantitative estimate of drug-likeness (QED) is 0.202. The number of hydrogen-bond donors (Lipinski definition) is 0. The molecule has 0 saturated carbocycles. The Balaban J connectivity index is 1.58. The summed E-state index contributed by atoms with van der Waals surface area (Å²) in [6, 6.07) is 27.0. The summed E-state index contributed by atoms with van der Waals surface area (Å²) in [6.45, 7) is 0. The number of carbonyl (C=O) groups is 1. The van der Waals surface area contributed by atoms with Crippen molar-refractivity contribution in [2.75, 3.05) is 19.0 Å². The molecule has 5 aromatic rings. The molecule has 5 rings (SSSR count). The van der Waals surface area contributed by atoms with Gasteiger partial charge in [-0.3, -0.25) is 4.79 Å². The molecule has 0 heterocycles. The van der Waals surface area contributed by atoms with Crippen LogP contribution in [0.4, 0.5) is 5.69 Å². The van der Waals surface area contributed by atoms with E-state index in [2.05, 4.69) is 65.6 Å². The van der Waals surface area contributed by atoms with Crippen molar-refractivity contribution in [1.82, 2.24) is 0 Å². The maximum absolute atomic E-state index is 13.0. The molecule has 140 valence electrons. The molecule has 2 nitrogen and oxygen atoms in total. The van der Waals surface area contributed by atoms with Crippen LogP contribution < -0.4 is 4.90 Å². The molecule has 0 fully saturated rings. The Kier molecular flexibility index (Phi) is 4.06. The molecule has 0 amide bonds. The first-order valence-corrected chi connectivity index (χ1v) is 9.78. The number of rotatable bonds is 4. The number of benzene rings is 5. The minimum atomic E-state index is 0.0274. The summed E-state index contributed by atoms with van der Waals surface area (Å²) in [6.07, 6.45) is 3.57. The van der Waals surface area contributed by atoms with E-state index in [0.29, 0.717) is 0 Å². The van der Waals surface area contributed by atoms with Crippen LogP contribution in [0.25, 0.3) is 38.4 Å². The highest BCUT2D eigenvalue weighted by atomic mass is 16.1. The van der Waals surface area contributed by atoms with Crippen LogP contribution in [0.15, 0.2) is 84.9 Å². The normalized spacial score (nSPS) is 11.8. The molecular weight excluding hydrogens is 354 g/mol. The Morgan fingerprint density at radius 1 is 0.724 bits per heavy atom. The number of hydrogen-bond acceptors (Lipinski definition) is 2. The highest BCUT2D eigenvalue weighted by molar-refractivity contribution is 6.27. The van der Waals surface area contributed by atoms with Crippen LogP contribution in [-0.4, -0.2) is 19.9 Å². The maximum atomic E-state index is 13.0. The van der Waals surface area contributed by atoms with Crippen molar-refractivity contribution >= 4 is 49.9 Å². The molecule has 0 N–H and O–H groups in total. The van der Waals surface area contributed by atoms with E-state index in [9.17, 15) is 4.79 Å². The fraction of sp³-hybridized carbons (Fsp3) is 0.0741. The van der Waals surface area contributed by atoms with Gasteiger partial charge in [-0.05, 0) is 62.2 Å². The van der Waals surface area contributed by atoms with Gasteiger partial charge in [0.05, 0.1) is 0 Å². The second kappa shape index (κ2) is 6.75. The summed E-state index contributed by atoms with van der Waals surface area (Å²) in [4.78, 5) is 15.1. The van der Waals surface area contributed by atoms with Crippen molar-refractivity contribution in [3.8, 4) is 0 Å². The molecule has 0 saturated heterocycles. The number of ketones is 1. The Bertz CT molecular complexity index is 1360. The predicted molar refractivity (Wildman–Crippen MR) is 124 cm³/mol. The molecule has 29 heavy (non-hydrogen) atoms. The Labute approximate surface area is 170 Å². The van der Waals surface area contributed by atoms with Gasteiger partial charge in [0, 0.05) is 25.3 Å². The van der Waals surface area contributed by atoms with Crippen LogP contribution in [0.1, 0.15) is 15.9 Å². The monoisotopic (exact) mass is 375 g/mol. The van der Waals surface area contributed by atoms with Crippen LogP contribution in [-0.2, 0) is 0 Å². The van der Waals surface area contributed by atoms with Gasteiger partial charge >= 0.3 is 0 Å². The molecular formula is C27H21NO. The van der Waals surface area contributed by atoms with E-state index < -0.39 is 0 Å². The lowest BCUT2D eigenvalue weighted by atomic mass is 9.91. The zero-order chi connectivity index (χ0) is 20.0. The van der Waals surface area contributed by atoms with Gasteiger partial charge in [0.25, 0.3) is 0 Å². The van der Waals surface area contributed by atoms with Gasteiger partial charge in [-0.1, -0.05) is 66.7 Å². The average Bonchev–Trinajstić information content (AvgIpc) is 2.76. The SMILES string of the molecule is CN(C)c1ccc(/C=C/C(=O)c2ccc3ccc4cccc5ccc2c3c45)cc1. The number of carbonyl (C=O) groups excluding carboxylic acids is 1. The molecule has 0 aliphatic carbocycles. The second-order valence-corrected chi connectivity index (χ2v) is 7.65. The van der Waals surface area contributed by atoms with Crippen molar-refractivity contribution in [1.29, 1.82) is 0 Å². The fourth-order valence-electron chi connectivity index (χ4n) is 4.10. The van der Waals surface area contributed by atoms with Crippen LogP contribution in [0.3, 0.4) is 0 Å². The van der Waals surface area contributed by atoms with Gasteiger partial charge in [-0.15, -0.1) is 0 Å². The van der Waals surface area contributed by atoms with Crippen molar-refractivity contribution in [2.45, 2.75) is 0 Å². The highest BCUT2D eigenvalue weighted by Crippen LogP contribution is 2.36. The Hall–Kier alpha value is -3.65. The lowest BCUT2D eigenvalue weighted by Gasteiger charge is -2.12. The van der Waals surface area contributed by atoms with Gasteiger partial charge < -0.3 is 4.90 Å². The average molecular weight is 375 g/mol. The molecule has 0 unspecified atom stereocenters. The number of nitrogens with zero attached hydrogens (tertiary/aromatic N) is 1. The zero-order valence-corrected chi connectivity index (χ0v) is 16.5. The summed E-state index contributed by atoms with van der Waals surface area (Å²) < 4.78 is 0. The Morgan fingerprint density at radius 3 is 2.03 bits per heavy atom. The van der Waals surface area contributed by atoms with Crippen molar-refractivity contribution in [3.05, 3.63) is 96.1 Å². The summed E-state index contributed by atoms with van der Waals surface area (Å²) >= 11 is 0. The van der Waals surface area contributed by atoms with E-state index in [4.69, 9.17) is 0 Å². The summed E-state index contributed by atoms with van der Waals surface area (Å²) in [5.74, 6) is 0.0274. The molecule has 2 heteroatoms. The predicted octanol–water partition coefficient (Wildman–Crippen LogP) is 6.55. The molecule has 0 aromatic heterocycles. The second-order valence-electron chi connectivity index (χ2n) is 7.65. The third kappa shape index (κ3) is 2.94. The van der Waals surface area contributed by atoms with Gasteiger partial charge in [-0.2, -0.15) is 0 Å². The summed E-state index contributed by atoms with van der Waals surface area (Å²) in [5, 5.41) is 7.02. The van der Waals surface area contributed by atoms with Crippen LogP contribution in [0, 0.1) is 0 Å². The molecule has 0 atom stereocenters. The Morgan fingerprint density at radius 2 is 1.34 bits per heavy atom. The molecule has 0 bridgehead atoms. The first kappa shape index (κ1) is 17.4. The third-order valence-corrected chi connectivity index (χ3v) is 5.63. The van der Waals surface area contributed by atoms with Crippen molar-refractivity contribution in [2.24, 2.45) is 0 Å². The molecule has 0 aliphatic rings. The summed E-state index contributed by atoms with van der Waals surface area (Å²) in [5.41, 5.74) is 2.90. The van der Waals surface area contributed by atoms with Gasteiger partial charge in [0.2, 0.25) is 0 Å². The van der Waals surface area contributed by atoms with Crippen LogP contribution in [0.5, 0.6) is 0 Å². The maximum Gasteiger partial charge on any atom is 0.186 e. The largest absolute Gasteiger partial charge is 0.378 e. The molecule has 0 radical (unpaired) electrons. The number of anilines is 1. The zero-order valence-electron chi connectivity index (χ0n) is 16.5. The van der Waals surface area contributed by atoms with E-state index in [1.165, 1.54) is 26.9 Å². The lowest BCUT2D eigenvalue weighted by Crippen LogP contribution is -2.07. The first-order valence-electron chi connectivity index (χ1n) is 9.78. The van der Waals surface area contributed by atoms with E-state index in [0.717, 1.165) is 22.2 Å². The van der Waals surface area contributed by atoms with Gasteiger partial charge in [-0.25, -0.2) is 0 Å². The standard InChI is InChI=1S/C27H21NO/c1-28(2)22-13-6-18(7-14-22)8-17-25(29)23-15-11-21-10-9-19-4-3-5-20-12-16-24(23)27(21)26(19)20/h3-17H,1-2H3/b17-8+. The van der Waals surface area contributed by atoms with E-state index >= 15 is 0 Å². The minimum Gasteiger partial charge on any atom is -0.378 e. The van der Waals surface area contributed by atoms with Gasteiger partial charge in [0.1, 0.15) is 0 Å². The molecule has 0 aliphatic heterocycles. The van der Waals surface area contributed by atoms with E-state index in [-0.39, 0.29) is 5.78 Å². The highest BCUT2D eigenvalue weighted by Gasteiger charge is 2.13. The lowest BCUT2D eigenvalue weighted by molar-refractivity contribution is 0.104. The molecule has 0 spiro atoms.